The Morgan fingerprint density at radius 1 is 1.14 bits per heavy atom. The van der Waals surface area contributed by atoms with Crippen molar-refractivity contribution in [3.05, 3.63) is 72.2 Å². The van der Waals surface area contributed by atoms with Gasteiger partial charge in [-0.15, -0.1) is 0 Å². The van der Waals surface area contributed by atoms with E-state index in [9.17, 15) is 9.59 Å². The Morgan fingerprint density at radius 2 is 2.00 bits per heavy atom. The molecule has 0 radical (unpaired) electrons. The number of hydrogen-bond donors (Lipinski definition) is 2. The molecule has 2 N–H and O–H groups in total. The number of pyridine rings is 1. The average molecular weight is 379 g/mol. The van der Waals surface area contributed by atoms with Crippen LogP contribution in [0.5, 0.6) is 5.75 Å². The van der Waals surface area contributed by atoms with Crippen LogP contribution < -0.4 is 15.4 Å². The fourth-order valence-electron chi connectivity index (χ4n) is 2.57. The zero-order chi connectivity index (χ0) is 19.8. The Bertz CT molecular complexity index is 940. The van der Waals surface area contributed by atoms with Crippen LogP contribution in [-0.2, 0) is 11.3 Å². The third kappa shape index (κ3) is 5.16. The Labute approximate surface area is 162 Å². The zero-order valence-electron chi connectivity index (χ0n) is 15.5. The van der Waals surface area contributed by atoms with Crippen molar-refractivity contribution in [3.63, 3.8) is 0 Å². The number of carbonyl (C=O) groups excluding carboxylic acids is 2. The minimum atomic E-state index is -0.374. The zero-order valence-corrected chi connectivity index (χ0v) is 15.5. The van der Waals surface area contributed by atoms with Gasteiger partial charge in [-0.2, -0.15) is 5.10 Å². The summed E-state index contributed by atoms with van der Waals surface area (Å²) >= 11 is 0. The summed E-state index contributed by atoms with van der Waals surface area (Å²) in [5, 5.41) is 9.55. The molecule has 2 heterocycles. The summed E-state index contributed by atoms with van der Waals surface area (Å²) in [6, 6.07) is 12.4. The maximum Gasteiger partial charge on any atom is 0.255 e. The van der Waals surface area contributed by atoms with Crippen molar-refractivity contribution in [2.24, 2.45) is 0 Å². The molecule has 3 rings (SSSR count). The van der Waals surface area contributed by atoms with Gasteiger partial charge in [-0.1, -0.05) is 18.2 Å². The predicted molar refractivity (Wildman–Crippen MR) is 104 cm³/mol. The van der Waals surface area contributed by atoms with Crippen LogP contribution in [0.3, 0.4) is 0 Å². The highest BCUT2D eigenvalue weighted by Crippen LogP contribution is 2.17. The van der Waals surface area contributed by atoms with Crippen LogP contribution in [0.4, 0.5) is 5.82 Å². The van der Waals surface area contributed by atoms with E-state index in [4.69, 9.17) is 4.74 Å². The van der Waals surface area contributed by atoms with E-state index in [2.05, 4.69) is 20.7 Å². The van der Waals surface area contributed by atoms with Crippen molar-refractivity contribution in [3.8, 4) is 5.75 Å². The van der Waals surface area contributed by atoms with Gasteiger partial charge in [0.05, 0.1) is 25.3 Å². The molecule has 0 fully saturated rings. The first-order chi connectivity index (χ1) is 13.7. The van der Waals surface area contributed by atoms with Crippen molar-refractivity contribution in [1.82, 2.24) is 20.1 Å². The molecule has 8 nitrogen and oxygen atoms in total. The van der Waals surface area contributed by atoms with Gasteiger partial charge in [0, 0.05) is 24.7 Å². The average Bonchev–Trinajstić information content (AvgIpc) is 3.14. The molecule has 0 saturated carbocycles. The van der Waals surface area contributed by atoms with Crippen molar-refractivity contribution in [2.45, 2.75) is 13.5 Å². The van der Waals surface area contributed by atoms with Gasteiger partial charge in [0.15, 0.2) is 5.82 Å². The van der Waals surface area contributed by atoms with Crippen molar-refractivity contribution in [1.29, 1.82) is 0 Å². The second-order valence-corrected chi connectivity index (χ2v) is 5.92. The van der Waals surface area contributed by atoms with E-state index in [1.807, 2.05) is 19.1 Å². The summed E-state index contributed by atoms with van der Waals surface area (Å²) < 4.78 is 7.13. The smallest absolute Gasteiger partial charge is 0.255 e. The summed E-state index contributed by atoms with van der Waals surface area (Å²) in [5.74, 6) is 0.157. The first-order valence-electron chi connectivity index (χ1n) is 8.88. The molecule has 0 aliphatic heterocycles. The molecule has 1 aromatic carbocycles. The number of para-hydroxylation sites is 1. The number of benzene rings is 1. The van der Waals surface area contributed by atoms with E-state index >= 15 is 0 Å². The van der Waals surface area contributed by atoms with Crippen LogP contribution in [0.2, 0.25) is 0 Å². The van der Waals surface area contributed by atoms with E-state index in [1.54, 1.807) is 53.6 Å². The maximum atomic E-state index is 12.3. The number of ether oxygens (including phenoxy) is 1. The van der Waals surface area contributed by atoms with Crippen molar-refractivity contribution in [2.75, 3.05) is 18.5 Å². The largest absolute Gasteiger partial charge is 0.493 e. The summed E-state index contributed by atoms with van der Waals surface area (Å²) in [4.78, 5) is 28.5. The lowest BCUT2D eigenvalue weighted by Gasteiger charge is -2.10. The molecular formula is C20H21N5O3. The highest BCUT2D eigenvalue weighted by molar-refractivity contribution is 6.00. The van der Waals surface area contributed by atoms with Gasteiger partial charge in [-0.3, -0.25) is 19.3 Å². The molecular weight excluding hydrogens is 358 g/mol. The van der Waals surface area contributed by atoms with E-state index in [0.717, 1.165) is 5.56 Å². The summed E-state index contributed by atoms with van der Waals surface area (Å²) in [6.07, 6.45) is 5.23. The first-order valence-corrected chi connectivity index (χ1v) is 8.88. The second-order valence-electron chi connectivity index (χ2n) is 5.92. The molecule has 0 bridgehead atoms. The Kier molecular flexibility index (Phi) is 6.35. The molecule has 0 unspecified atom stereocenters. The number of aromatic nitrogens is 3. The van der Waals surface area contributed by atoms with Crippen molar-refractivity contribution >= 4 is 17.6 Å². The van der Waals surface area contributed by atoms with E-state index in [-0.39, 0.29) is 18.4 Å². The Hall–Kier alpha value is -3.68. The molecule has 2 aromatic heterocycles. The number of hydrogen-bond acceptors (Lipinski definition) is 5. The van der Waals surface area contributed by atoms with E-state index in [1.165, 1.54) is 0 Å². The standard InChI is InChI=1S/C20H21N5O3/c1-2-28-17-8-4-3-7-16(17)20(27)22-13-19(26)23-18-9-11-25(24-18)14-15-6-5-10-21-12-15/h3-12H,2,13-14H2,1H3,(H,22,27)(H,23,24,26). The van der Waals surface area contributed by atoms with Crippen LogP contribution in [-0.4, -0.2) is 39.7 Å². The SMILES string of the molecule is CCOc1ccccc1C(=O)NCC(=O)Nc1ccn(Cc2cccnc2)n1. The Balaban J connectivity index is 1.51. The highest BCUT2D eigenvalue weighted by atomic mass is 16.5. The van der Waals surface area contributed by atoms with Gasteiger partial charge in [-0.05, 0) is 30.7 Å². The number of rotatable bonds is 8. The lowest BCUT2D eigenvalue weighted by molar-refractivity contribution is -0.115. The lowest BCUT2D eigenvalue weighted by Crippen LogP contribution is -2.33. The molecule has 2 amide bonds. The summed E-state index contributed by atoms with van der Waals surface area (Å²) in [7, 11) is 0. The molecule has 0 aliphatic carbocycles. The number of anilines is 1. The van der Waals surface area contributed by atoms with Crippen molar-refractivity contribution < 1.29 is 14.3 Å². The lowest BCUT2D eigenvalue weighted by atomic mass is 10.2. The monoisotopic (exact) mass is 379 g/mol. The van der Waals surface area contributed by atoms with E-state index in [0.29, 0.717) is 30.3 Å². The minimum absolute atomic E-state index is 0.172. The molecule has 0 spiro atoms. The number of nitrogens with one attached hydrogen (secondary N) is 2. The van der Waals surface area contributed by atoms with Gasteiger partial charge < -0.3 is 15.4 Å². The fourth-order valence-corrected chi connectivity index (χ4v) is 2.57. The number of amides is 2. The third-order valence-corrected chi connectivity index (χ3v) is 3.82. The maximum absolute atomic E-state index is 12.3. The van der Waals surface area contributed by atoms with Crippen LogP contribution >= 0.6 is 0 Å². The van der Waals surface area contributed by atoms with Gasteiger partial charge in [0.25, 0.3) is 5.91 Å². The predicted octanol–water partition coefficient (Wildman–Crippen LogP) is 2.09. The van der Waals surface area contributed by atoms with Crippen LogP contribution in [0.25, 0.3) is 0 Å². The summed E-state index contributed by atoms with van der Waals surface area (Å²) in [6.45, 7) is 2.67. The normalized spacial score (nSPS) is 10.3. The number of nitrogens with zero attached hydrogens (tertiary/aromatic N) is 3. The van der Waals surface area contributed by atoms with Crippen LogP contribution in [0.1, 0.15) is 22.8 Å². The molecule has 8 heteroatoms. The fraction of sp³-hybridized carbons (Fsp3) is 0.200. The first kappa shape index (κ1) is 19.1. The summed E-state index contributed by atoms with van der Waals surface area (Å²) in [5.41, 5.74) is 1.39. The van der Waals surface area contributed by atoms with Gasteiger partial charge in [0.1, 0.15) is 5.75 Å². The van der Waals surface area contributed by atoms with E-state index < -0.39 is 0 Å². The molecule has 3 aromatic rings. The second kappa shape index (κ2) is 9.31. The van der Waals surface area contributed by atoms with Gasteiger partial charge in [0.2, 0.25) is 5.91 Å². The highest BCUT2D eigenvalue weighted by Gasteiger charge is 2.13. The van der Waals surface area contributed by atoms with Gasteiger partial charge in [-0.25, -0.2) is 0 Å². The molecule has 0 atom stereocenters. The third-order valence-electron chi connectivity index (χ3n) is 3.82. The van der Waals surface area contributed by atoms with Crippen LogP contribution in [0.15, 0.2) is 61.1 Å². The van der Waals surface area contributed by atoms with Gasteiger partial charge >= 0.3 is 0 Å². The molecule has 0 saturated heterocycles. The minimum Gasteiger partial charge on any atom is -0.493 e. The molecule has 28 heavy (non-hydrogen) atoms. The molecule has 0 aliphatic rings. The Morgan fingerprint density at radius 3 is 2.79 bits per heavy atom. The molecule has 144 valence electrons. The topological polar surface area (TPSA) is 98.1 Å². The van der Waals surface area contributed by atoms with Crippen LogP contribution in [0, 0.1) is 0 Å². The quantitative estimate of drug-likeness (QED) is 0.625. The number of carbonyl (C=O) groups is 2.